The van der Waals surface area contributed by atoms with Crippen molar-refractivity contribution in [2.45, 2.75) is 13.3 Å². The standard InChI is InChI=1S/C13H10ClFN4/c1-2-10-12(14)17-7-18-13(10)19-9-3-4-11(15)8(5-9)6-16/h3-5,7H,2H2,1H3,(H,17,18,19). The van der Waals surface area contributed by atoms with E-state index in [0.717, 1.165) is 5.56 Å². The van der Waals surface area contributed by atoms with Gasteiger partial charge in [0.15, 0.2) is 0 Å². The summed E-state index contributed by atoms with van der Waals surface area (Å²) >= 11 is 5.98. The highest BCUT2D eigenvalue weighted by Crippen LogP contribution is 2.24. The lowest BCUT2D eigenvalue weighted by atomic mass is 10.2. The molecule has 0 amide bonds. The second-order valence-corrected chi connectivity index (χ2v) is 4.13. The predicted molar refractivity (Wildman–Crippen MR) is 70.8 cm³/mol. The van der Waals surface area contributed by atoms with Crippen LogP contribution in [0.25, 0.3) is 0 Å². The average molecular weight is 277 g/mol. The second kappa shape index (κ2) is 5.63. The van der Waals surface area contributed by atoms with E-state index < -0.39 is 5.82 Å². The number of nitriles is 1. The van der Waals surface area contributed by atoms with Crippen LogP contribution in [0.5, 0.6) is 0 Å². The predicted octanol–water partition coefficient (Wildman–Crippen LogP) is 3.45. The third-order valence-electron chi connectivity index (χ3n) is 2.60. The molecule has 96 valence electrons. The van der Waals surface area contributed by atoms with Crippen LogP contribution in [0.15, 0.2) is 24.5 Å². The SMILES string of the molecule is CCc1c(Cl)ncnc1Nc1ccc(F)c(C#N)c1. The van der Waals surface area contributed by atoms with Gasteiger partial charge in [0, 0.05) is 11.3 Å². The summed E-state index contributed by atoms with van der Waals surface area (Å²) in [4.78, 5) is 8.00. The van der Waals surface area contributed by atoms with E-state index in [9.17, 15) is 4.39 Å². The van der Waals surface area contributed by atoms with Crippen molar-refractivity contribution < 1.29 is 4.39 Å². The molecule has 0 bridgehead atoms. The summed E-state index contributed by atoms with van der Waals surface area (Å²) < 4.78 is 13.2. The molecule has 0 aliphatic heterocycles. The summed E-state index contributed by atoms with van der Waals surface area (Å²) in [5.41, 5.74) is 1.32. The van der Waals surface area contributed by atoms with Gasteiger partial charge < -0.3 is 5.32 Å². The molecule has 0 spiro atoms. The monoisotopic (exact) mass is 276 g/mol. The van der Waals surface area contributed by atoms with Gasteiger partial charge in [0.05, 0.1) is 5.56 Å². The molecule has 4 nitrogen and oxygen atoms in total. The number of rotatable bonds is 3. The zero-order valence-corrected chi connectivity index (χ0v) is 10.9. The molecule has 6 heteroatoms. The lowest BCUT2D eigenvalue weighted by molar-refractivity contribution is 0.624. The first-order valence-corrected chi connectivity index (χ1v) is 5.99. The molecule has 1 N–H and O–H groups in total. The molecule has 1 aromatic carbocycles. The van der Waals surface area contributed by atoms with Gasteiger partial charge in [-0.15, -0.1) is 0 Å². The molecule has 19 heavy (non-hydrogen) atoms. The second-order valence-electron chi connectivity index (χ2n) is 3.78. The largest absolute Gasteiger partial charge is 0.340 e. The van der Waals surface area contributed by atoms with Gasteiger partial charge in [-0.05, 0) is 24.6 Å². The lowest BCUT2D eigenvalue weighted by Gasteiger charge is -2.10. The molecule has 2 rings (SSSR count). The summed E-state index contributed by atoms with van der Waals surface area (Å²) in [7, 11) is 0. The fourth-order valence-electron chi connectivity index (χ4n) is 1.64. The summed E-state index contributed by atoms with van der Waals surface area (Å²) in [6, 6.07) is 5.97. The first-order chi connectivity index (χ1) is 9.15. The Morgan fingerprint density at radius 1 is 1.42 bits per heavy atom. The van der Waals surface area contributed by atoms with E-state index >= 15 is 0 Å². The number of aromatic nitrogens is 2. The lowest BCUT2D eigenvalue weighted by Crippen LogP contribution is -2.01. The normalized spacial score (nSPS) is 10.0. The minimum Gasteiger partial charge on any atom is -0.340 e. The van der Waals surface area contributed by atoms with Gasteiger partial charge in [0.1, 0.15) is 29.2 Å². The molecule has 0 radical (unpaired) electrons. The Bertz CT molecular complexity index is 652. The van der Waals surface area contributed by atoms with Crippen LogP contribution in [0.3, 0.4) is 0 Å². The first kappa shape index (κ1) is 13.2. The highest BCUT2D eigenvalue weighted by atomic mass is 35.5. The topological polar surface area (TPSA) is 61.6 Å². The number of hydrogen-bond acceptors (Lipinski definition) is 4. The average Bonchev–Trinajstić information content (AvgIpc) is 2.41. The summed E-state index contributed by atoms with van der Waals surface area (Å²) in [6.45, 7) is 1.93. The minimum absolute atomic E-state index is 0.0248. The van der Waals surface area contributed by atoms with Gasteiger partial charge >= 0.3 is 0 Å². The number of anilines is 2. The number of halogens is 2. The van der Waals surface area contributed by atoms with Crippen molar-refractivity contribution in [1.29, 1.82) is 5.26 Å². The maximum absolute atomic E-state index is 13.2. The third kappa shape index (κ3) is 2.80. The number of nitrogens with one attached hydrogen (secondary N) is 1. The van der Waals surface area contributed by atoms with E-state index in [-0.39, 0.29) is 5.56 Å². The fraction of sp³-hybridized carbons (Fsp3) is 0.154. The molecule has 0 unspecified atom stereocenters. The Morgan fingerprint density at radius 2 is 2.21 bits per heavy atom. The molecule has 0 aliphatic carbocycles. The van der Waals surface area contributed by atoms with E-state index in [0.29, 0.717) is 23.1 Å². The van der Waals surface area contributed by atoms with Gasteiger partial charge in [0.2, 0.25) is 0 Å². The zero-order valence-electron chi connectivity index (χ0n) is 10.1. The van der Waals surface area contributed by atoms with Crippen molar-refractivity contribution in [2.24, 2.45) is 0 Å². The van der Waals surface area contributed by atoms with Crippen LogP contribution in [0, 0.1) is 17.1 Å². The number of nitrogens with zero attached hydrogens (tertiary/aromatic N) is 3. The molecule has 2 aromatic rings. The van der Waals surface area contributed by atoms with Crippen molar-refractivity contribution in [2.75, 3.05) is 5.32 Å². The zero-order chi connectivity index (χ0) is 13.8. The molecule has 0 fully saturated rings. The van der Waals surface area contributed by atoms with Crippen molar-refractivity contribution in [1.82, 2.24) is 9.97 Å². The van der Waals surface area contributed by atoms with Crippen molar-refractivity contribution in [3.05, 3.63) is 46.6 Å². The van der Waals surface area contributed by atoms with Crippen LogP contribution in [-0.4, -0.2) is 9.97 Å². The number of benzene rings is 1. The molecule has 0 atom stereocenters. The number of hydrogen-bond donors (Lipinski definition) is 1. The quantitative estimate of drug-likeness (QED) is 0.872. The fourth-order valence-corrected chi connectivity index (χ4v) is 1.90. The molecular weight excluding hydrogens is 267 g/mol. The van der Waals surface area contributed by atoms with E-state index in [1.807, 2.05) is 6.92 Å². The maximum Gasteiger partial charge on any atom is 0.141 e. The Balaban J connectivity index is 2.37. The molecule has 0 saturated heterocycles. The van der Waals surface area contributed by atoms with Crippen LogP contribution in [-0.2, 0) is 6.42 Å². The smallest absolute Gasteiger partial charge is 0.141 e. The molecular formula is C13H10ClFN4. The van der Waals surface area contributed by atoms with Crippen LogP contribution >= 0.6 is 11.6 Å². The highest BCUT2D eigenvalue weighted by molar-refractivity contribution is 6.30. The van der Waals surface area contributed by atoms with Crippen LogP contribution in [0.2, 0.25) is 5.15 Å². The van der Waals surface area contributed by atoms with Gasteiger partial charge in [-0.1, -0.05) is 18.5 Å². The van der Waals surface area contributed by atoms with E-state index in [2.05, 4.69) is 15.3 Å². The molecule has 0 aliphatic rings. The molecule has 1 heterocycles. The minimum atomic E-state index is -0.551. The van der Waals surface area contributed by atoms with Gasteiger partial charge in [-0.25, -0.2) is 14.4 Å². The molecule has 1 aromatic heterocycles. The van der Waals surface area contributed by atoms with E-state index in [1.54, 1.807) is 6.07 Å². The van der Waals surface area contributed by atoms with Gasteiger partial charge in [-0.2, -0.15) is 5.26 Å². The van der Waals surface area contributed by atoms with Crippen molar-refractivity contribution in [3.8, 4) is 6.07 Å². The third-order valence-corrected chi connectivity index (χ3v) is 2.92. The van der Waals surface area contributed by atoms with Gasteiger partial charge in [-0.3, -0.25) is 0 Å². The molecule has 0 saturated carbocycles. The maximum atomic E-state index is 13.2. The Morgan fingerprint density at radius 3 is 2.89 bits per heavy atom. The van der Waals surface area contributed by atoms with E-state index in [1.165, 1.54) is 24.5 Å². The van der Waals surface area contributed by atoms with Crippen LogP contribution < -0.4 is 5.32 Å². The van der Waals surface area contributed by atoms with E-state index in [4.69, 9.17) is 16.9 Å². The first-order valence-electron chi connectivity index (χ1n) is 5.61. The summed E-state index contributed by atoms with van der Waals surface area (Å²) in [5, 5.41) is 12.2. The Kier molecular flexibility index (Phi) is 3.93. The summed E-state index contributed by atoms with van der Waals surface area (Å²) in [5.74, 6) is 0.00230. The Labute approximate surface area is 114 Å². The van der Waals surface area contributed by atoms with Gasteiger partial charge in [0.25, 0.3) is 0 Å². The van der Waals surface area contributed by atoms with Crippen LogP contribution in [0.4, 0.5) is 15.9 Å². The summed E-state index contributed by atoms with van der Waals surface area (Å²) in [6.07, 6.45) is 2.01. The Hall–Kier alpha value is -2.19. The van der Waals surface area contributed by atoms with Crippen molar-refractivity contribution >= 4 is 23.1 Å². The van der Waals surface area contributed by atoms with Crippen molar-refractivity contribution in [3.63, 3.8) is 0 Å². The van der Waals surface area contributed by atoms with Crippen LogP contribution in [0.1, 0.15) is 18.1 Å². The highest BCUT2D eigenvalue weighted by Gasteiger charge is 2.09.